The summed E-state index contributed by atoms with van der Waals surface area (Å²) < 4.78 is 5.12. The van der Waals surface area contributed by atoms with Gasteiger partial charge >= 0.3 is 6.09 Å². The highest BCUT2D eigenvalue weighted by Crippen LogP contribution is 2.28. The average Bonchev–Trinajstić information content (AvgIpc) is 2.21. The maximum Gasteiger partial charge on any atom is 0.412 e. The van der Waals surface area contributed by atoms with E-state index in [2.05, 4.69) is 11.9 Å². The van der Waals surface area contributed by atoms with Crippen molar-refractivity contribution in [2.45, 2.75) is 32.8 Å². The Kier molecular flexibility index (Phi) is 4.37. The molecule has 0 bridgehead atoms. The lowest BCUT2D eigenvalue weighted by atomic mass is 10.1. The topological polar surface area (TPSA) is 58.6 Å². The van der Waals surface area contributed by atoms with Crippen LogP contribution in [0, 0.1) is 0 Å². The highest BCUT2D eigenvalue weighted by Gasteiger charge is 2.17. The zero-order valence-corrected chi connectivity index (χ0v) is 11.0. The Morgan fingerprint density at radius 2 is 2.17 bits per heavy atom. The third-order valence-corrected chi connectivity index (χ3v) is 2.12. The second-order valence-electron chi connectivity index (χ2n) is 4.93. The molecule has 0 aromatic heterocycles. The van der Waals surface area contributed by atoms with Crippen molar-refractivity contribution in [1.29, 1.82) is 0 Å². The number of allylic oxidation sites excluding steroid dienone is 1. The minimum atomic E-state index is -0.589. The molecule has 1 amide bonds. The SMILES string of the molecule is C=CCc1cccc(NC(=O)OC(C)(C)C)c1O. The molecular formula is C14H19NO3. The van der Waals surface area contributed by atoms with Crippen LogP contribution in [0.5, 0.6) is 5.75 Å². The zero-order chi connectivity index (χ0) is 13.8. The van der Waals surface area contributed by atoms with E-state index in [0.29, 0.717) is 17.7 Å². The van der Waals surface area contributed by atoms with Gasteiger partial charge in [-0.3, -0.25) is 5.32 Å². The fraction of sp³-hybridized carbons (Fsp3) is 0.357. The molecule has 0 aliphatic heterocycles. The summed E-state index contributed by atoms with van der Waals surface area (Å²) in [5, 5.41) is 12.5. The fourth-order valence-corrected chi connectivity index (χ4v) is 1.43. The van der Waals surface area contributed by atoms with Crippen LogP contribution in [0.4, 0.5) is 10.5 Å². The molecular weight excluding hydrogens is 230 g/mol. The van der Waals surface area contributed by atoms with Crippen LogP contribution >= 0.6 is 0 Å². The summed E-state index contributed by atoms with van der Waals surface area (Å²) >= 11 is 0. The number of carbonyl (C=O) groups excluding carboxylic acids is 1. The van der Waals surface area contributed by atoms with Gasteiger partial charge in [0.25, 0.3) is 0 Å². The van der Waals surface area contributed by atoms with E-state index < -0.39 is 11.7 Å². The molecule has 0 fully saturated rings. The lowest BCUT2D eigenvalue weighted by Gasteiger charge is -2.20. The van der Waals surface area contributed by atoms with E-state index in [9.17, 15) is 9.90 Å². The number of para-hydroxylation sites is 1. The van der Waals surface area contributed by atoms with Crippen LogP contribution in [0.3, 0.4) is 0 Å². The van der Waals surface area contributed by atoms with Crippen LogP contribution in [0.25, 0.3) is 0 Å². The maximum atomic E-state index is 11.6. The normalized spacial score (nSPS) is 10.8. The van der Waals surface area contributed by atoms with Gasteiger partial charge in [-0.15, -0.1) is 6.58 Å². The second kappa shape index (κ2) is 5.58. The Hall–Kier alpha value is -1.97. The number of amides is 1. The number of anilines is 1. The molecule has 0 aliphatic rings. The molecule has 0 saturated carbocycles. The van der Waals surface area contributed by atoms with Gasteiger partial charge in [-0.25, -0.2) is 4.79 Å². The number of rotatable bonds is 3. The van der Waals surface area contributed by atoms with Crippen molar-refractivity contribution in [1.82, 2.24) is 0 Å². The predicted octanol–water partition coefficient (Wildman–Crippen LogP) is 3.47. The lowest BCUT2D eigenvalue weighted by Crippen LogP contribution is -2.27. The Morgan fingerprint density at radius 1 is 1.50 bits per heavy atom. The minimum absolute atomic E-state index is 0.0447. The molecule has 0 atom stereocenters. The molecule has 18 heavy (non-hydrogen) atoms. The van der Waals surface area contributed by atoms with Crippen LogP contribution in [-0.2, 0) is 11.2 Å². The van der Waals surface area contributed by atoms with Gasteiger partial charge in [0.2, 0.25) is 0 Å². The molecule has 1 rings (SSSR count). The number of ether oxygens (including phenoxy) is 1. The van der Waals surface area contributed by atoms with Crippen molar-refractivity contribution in [3.63, 3.8) is 0 Å². The van der Waals surface area contributed by atoms with Crippen molar-refractivity contribution in [3.05, 3.63) is 36.4 Å². The number of carbonyl (C=O) groups is 1. The molecule has 4 heteroatoms. The van der Waals surface area contributed by atoms with Crippen molar-refractivity contribution in [2.75, 3.05) is 5.32 Å². The van der Waals surface area contributed by atoms with Crippen molar-refractivity contribution in [3.8, 4) is 5.75 Å². The van der Waals surface area contributed by atoms with Crippen LogP contribution in [0.15, 0.2) is 30.9 Å². The number of aromatic hydroxyl groups is 1. The van der Waals surface area contributed by atoms with E-state index in [1.807, 2.05) is 0 Å². The first-order chi connectivity index (χ1) is 8.33. The highest BCUT2D eigenvalue weighted by molar-refractivity contribution is 5.87. The van der Waals surface area contributed by atoms with E-state index in [1.54, 1.807) is 45.0 Å². The van der Waals surface area contributed by atoms with Gasteiger partial charge in [0.05, 0.1) is 5.69 Å². The number of hydrogen-bond donors (Lipinski definition) is 2. The molecule has 1 aromatic carbocycles. The summed E-state index contributed by atoms with van der Waals surface area (Å²) in [6.45, 7) is 8.95. The quantitative estimate of drug-likeness (QED) is 0.637. The fourth-order valence-electron chi connectivity index (χ4n) is 1.43. The number of benzene rings is 1. The number of phenols is 1. The van der Waals surface area contributed by atoms with Crippen LogP contribution in [-0.4, -0.2) is 16.8 Å². The van der Waals surface area contributed by atoms with Gasteiger partial charge < -0.3 is 9.84 Å². The van der Waals surface area contributed by atoms with E-state index in [-0.39, 0.29) is 5.75 Å². The summed E-state index contributed by atoms with van der Waals surface area (Å²) in [5.41, 5.74) is 0.473. The second-order valence-corrected chi connectivity index (χ2v) is 4.93. The van der Waals surface area contributed by atoms with Crippen molar-refractivity contribution >= 4 is 11.8 Å². The van der Waals surface area contributed by atoms with Crippen LogP contribution < -0.4 is 5.32 Å². The van der Waals surface area contributed by atoms with E-state index >= 15 is 0 Å². The smallest absolute Gasteiger partial charge is 0.412 e. The van der Waals surface area contributed by atoms with Gasteiger partial charge in [-0.1, -0.05) is 18.2 Å². The Balaban J connectivity index is 2.82. The van der Waals surface area contributed by atoms with Gasteiger partial charge in [0, 0.05) is 0 Å². The van der Waals surface area contributed by atoms with Gasteiger partial charge in [-0.2, -0.15) is 0 Å². The molecule has 0 unspecified atom stereocenters. The molecule has 0 spiro atoms. The van der Waals surface area contributed by atoms with Crippen molar-refractivity contribution in [2.24, 2.45) is 0 Å². The molecule has 1 aromatic rings. The number of phenolic OH excluding ortho intramolecular Hbond substituents is 1. The summed E-state index contributed by atoms with van der Waals surface area (Å²) in [4.78, 5) is 11.6. The molecule has 0 heterocycles. The van der Waals surface area contributed by atoms with Crippen LogP contribution in [0.2, 0.25) is 0 Å². The number of hydrogen-bond acceptors (Lipinski definition) is 3. The first-order valence-corrected chi connectivity index (χ1v) is 5.75. The first-order valence-electron chi connectivity index (χ1n) is 5.75. The molecule has 0 radical (unpaired) electrons. The predicted molar refractivity (Wildman–Crippen MR) is 71.9 cm³/mol. The number of nitrogens with one attached hydrogen (secondary N) is 1. The Morgan fingerprint density at radius 3 is 2.72 bits per heavy atom. The summed E-state index contributed by atoms with van der Waals surface area (Å²) in [5.74, 6) is 0.0447. The standard InChI is InChI=1S/C14H19NO3/c1-5-7-10-8-6-9-11(12(10)16)15-13(17)18-14(2,3)4/h5-6,8-9,16H,1,7H2,2-4H3,(H,15,17). The Labute approximate surface area is 107 Å². The molecule has 0 aliphatic carbocycles. The monoisotopic (exact) mass is 249 g/mol. The average molecular weight is 249 g/mol. The molecule has 98 valence electrons. The largest absolute Gasteiger partial charge is 0.505 e. The van der Waals surface area contributed by atoms with Gasteiger partial charge in [-0.05, 0) is 38.8 Å². The summed E-state index contributed by atoms with van der Waals surface area (Å²) in [6.07, 6.45) is 1.63. The highest BCUT2D eigenvalue weighted by atomic mass is 16.6. The summed E-state index contributed by atoms with van der Waals surface area (Å²) in [7, 11) is 0. The lowest BCUT2D eigenvalue weighted by molar-refractivity contribution is 0.0635. The zero-order valence-electron chi connectivity index (χ0n) is 11.0. The van der Waals surface area contributed by atoms with Crippen molar-refractivity contribution < 1.29 is 14.6 Å². The van der Waals surface area contributed by atoms with E-state index in [1.165, 1.54) is 0 Å². The Bertz CT molecular complexity index is 447. The molecule has 0 saturated heterocycles. The van der Waals surface area contributed by atoms with E-state index in [0.717, 1.165) is 0 Å². The third-order valence-electron chi connectivity index (χ3n) is 2.12. The minimum Gasteiger partial charge on any atom is -0.505 e. The third kappa shape index (κ3) is 4.13. The first kappa shape index (κ1) is 14.1. The molecule has 4 nitrogen and oxygen atoms in total. The van der Waals surface area contributed by atoms with Gasteiger partial charge in [0.15, 0.2) is 0 Å². The summed E-state index contributed by atoms with van der Waals surface area (Å²) in [6, 6.07) is 5.15. The van der Waals surface area contributed by atoms with Gasteiger partial charge in [0.1, 0.15) is 11.4 Å². The molecule has 2 N–H and O–H groups in total. The van der Waals surface area contributed by atoms with Crippen LogP contribution in [0.1, 0.15) is 26.3 Å². The van der Waals surface area contributed by atoms with E-state index in [4.69, 9.17) is 4.74 Å². The maximum absolute atomic E-state index is 11.6.